The molecule has 0 amide bonds. The van der Waals surface area contributed by atoms with Crippen LogP contribution in [0.1, 0.15) is 11.7 Å². The normalized spacial score (nSPS) is 13.8. The second-order valence-corrected chi connectivity index (χ2v) is 3.04. The van der Waals surface area contributed by atoms with Crippen LogP contribution in [0.4, 0.5) is 0 Å². The molecular weight excluding hydrogens is 289 g/mol. The molecule has 0 heterocycles. The molecule has 0 bridgehead atoms. The third kappa shape index (κ3) is 3.68. The van der Waals surface area contributed by atoms with Crippen LogP contribution >= 0.6 is 0 Å². The first-order valence-corrected chi connectivity index (χ1v) is 4.35. The Morgan fingerprint density at radius 3 is 2.56 bits per heavy atom. The first-order chi connectivity index (χ1) is 7.10. The van der Waals surface area contributed by atoms with Gasteiger partial charge in [0.15, 0.2) is 0 Å². The van der Waals surface area contributed by atoms with Crippen molar-refractivity contribution in [3.8, 4) is 11.5 Å². The Labute approximate surface area is 119 Å². The zero-order chi connectivity index (χ0) is 11.4. The van der Waals surface area contributed by atoms with Crippen LogP contribution in [0.3, 0.4) is 0 Å². The molecule has 0 aromatic heterocycles. The Hall–Kier alpha value is -0.196. The quantitative estimate of drug-likeness (QED) is 0.568. The van der Waals surface area contributed by atoms with Gasteiger partial charge in [-0.2, -0.15) is 6.07 Å². The van der Waals surface area contributed by atoms with Crippen molar-refractivity contribution in [1.29, 1.82) is 0 Å². The van der Waals surface area contributed by atoms with E-state index in [1.165, 1.54) is 19.2 Å². The number of ether oxygens (including phenoxy) is 1. The average molecular weight is 302 g/mol. The largest absolute Gasteiger partial charge is 0.551 e. The van der Waals surface area contributed by atoms with Crippen molar-refractivity contribution in [2.45, 2.75) is 12.2 Å². The molecule has 1 aromatic rings. The smallest absolute Gasteiger partial charge is 0.0963 e. The number of phenolic OH excluding ortho intramolecular Hbond substituents is 1. The SMILES string of the molecule is COc1cc(C(O)C(O)CO)c[c-]c1O.[Y]. The molecule has 2 unspecified atom stereocenters. The maximum absolute atomic E-state index is 9.53. The number of phenols is 1. The second kappa shape index (κ2) is 7.19. The van der Waals surface area contributed by atoms with Crippen LogP contribution in [0.15, 0.2) is 12.1 Å². The van der Waals surface area contributed by atoms with Gasteiger partial charge in [-0.3, -0.25) is 0 Å². The van der Waals surface area contributed by atoms with Crippen molar-refractivity contribution < 1.29 is 57.9 Å². The van der Waals surface area contributed by atoms with Gasteiger partial charge in [-0.05, 0) is 0 Å². The molecule has 0 aliphatic heterocycles. The third-order valence-electron chi connectivity index (χ3n) is 2.02. The van der Waals surface area contributed by atoms with Crippen molar-refractivity contribution in [1.82, 2.24) is 0 Å². The molecule has 4 N–H and O–H groups in total. The molecule has 0 saturated heterocycles. The van der Waals surface area contributed by atoms with E-state index < -0.39 is 18.8 Å². The predicted octanol–water partition coefficient (Wildman–Crippen LogP) is -0.415. The standard InChI is InChI=1S/C10H13O5.Y/c1-15-9-4-6(2-3-7(9)12)10(14)8(13)5-11;/h2,4,8,10-14H,5H2,1H3;/q-1;. The van der Waals surface area contributed by atoms with Gasteiger partial charge in [0.2, 0.25) is 0 Å². The predicted molar refractivity (Wildman–Crippen MR) is 51.5 cm³/mol. The van der Waals surface area contributed by atoms with Gasteiger partial charge >= 0.3 is 0 Å². The van der Waals surface area contributed by atoms with Crippen LogP contribution in [0.2, 0.25) is 0 Å². The van der Waals surface area contributed by atoms with Gasteiger partial charge in [0.1, 0.15) is 0 Å². The average Bonchev–Trinajstić information content (AvgIpc) is 2.27. The minimum absolute atomic E-state index is 0. The van der Waals surface area contributed by atoms with Gasteiger partial charge in [0.05, 0.1) is 25.9 Å². The van der Waals surface area contributed by atoms with Crippen molar-refractivity contribution >= 4 is 0 Å². The zero-order valence-electron chi connectivity index (χ0n) is 8.79. The van der Waals surface area contributed by atoms with Gasteiger partial charge in [-0.15, -0.1) is 17.7 Å². The fourth-order valence-corrected chi connectivity index (χ4v) is 1.13. The summed E-state index contributed by atoms with van der Waals surface area (Å²) < 4.78 is 4.81. The first-order valence-electron chi connectivity index (χ1n) is 4.35. The number of hydrogen-bond acceptors (Lipinski definition) is 5. The number of methoxy groups -OCH3 is 1. The molecule has 0 fully saturated rings. The van der Waals surface area contributed by atoms with Gasteiger partial charge in [-0.25, -0.2) is 0 Å². The third-order valence-corrected chi connectivity index (χ3v) is 2.02. The second-order valence-electron chi connectivity index (χ2n) is 3.04. The molecule has 6 heteroatoms. The number of aromatic hydroxyl groups is 1. The molecule has 0 spiro atoms. The van der Waals surface area contributed by atoms with E-state index in [9.17, 15) is 15.3 Å². The van der Waals surface area contributed by atoms with Crippen LogP contribution in [0, 0.1) is 6.07 Å². The maximum Gasteiger partial charge on any atom is 0.0963 e. The molecule has 2 atom stereocenters. The molecule has 16 heavy (non-hydrogen) atoms. The summed E-state index contributed by atoms with van der Waals surface area (Å²) in [4.78, 5) is 0. The van der Waals surface area contributed by atoms with Crippen LogP contribution < -0.4 is 4.74 Å². The summed E-state index contributed by atoms with van der Waals surface area (Å²) in [6.45, 7) is -0.551. The Morgan fingerprint density at radius 2 is 2.06 bits per heavy atom. The van der Waals surface area contributed by atoms with E-state index >= 15 is 0 Å². The summed E-state index contributed by atoms with van der Waals surface area (Å²) in [5.41, 5.74) is 0.311. The molecule has 1 rings (SSSR count). The molecule has 1 aromatic carbocycles. The van der Waals surface area contributed by atoms with Gasteiger partial charge in [0, 0.05) is 44.2 Å². The van der Waals surface area contributed by atoms with Crippen LogP contribution in [-0.2, 0) is 32.7 Å². The Bertz CT molecular complexity index is 331. The minimum atomic E-state index is -1.27. The van der Waals surface area contributed by atoms with E-state index in [4.69, 9.17) is 9.84 Å². The Kier molecular flexibility index (Phi) is 7.10. The molecule has 1 radical (unpaired) electrons. The summed E-state index contributed by atoms with van der Waals surface area (Å²) >= 11 is 0. The van der Waals surface area contributed by atoms with E-state index in [1.54, 1.807) is 0 Å². The van der Waals surface area contributed by atoms with Crippen molar-refractivity contribution in [3.63, 3.8) is 0 Å². The molecular formula is C10H13O5Y-. The summed E-state index contributed by atoms with van der Waals surface area (Å²) in [7, 11) is 1.36. The topological polar surface area (TPSA) is 90.2 Å². The number of aliphatic hydroxyl groups is 3. The van der Waals surface area contributed by atoms with Gasteiger partial charge in [0.25, 0.3) is 0 Å². The van der Waals surface area contributed by atoms with E-state index in [-0.39, 0.29) is 44.2 Å². The van der Waals surface area contributed by atoms with Gasteiger partial charge < -0.3 is 25.2 Å². The van der Waals surface area contributed by atoms with E-state index in [2.05, 4.69) is 6.07 Å². The minimum Gasteiger partial charge on any atom is -0.551 e. The van der Waals surface area contributed by atoms with Crippen LogP contribution in [-0.4, -0.2) is 40.2 Å². The molecule has 87 valence electrons. The molecule has 0 saturated carbocycles. The fourth-order valence-electron chi connectivity index (χ4n) is 1.13. The van der Waals surface area contributed by atoms with Crippen molar-refractivity contribution in [2.75, 3.05) is 13.7 Å². The van der Waals surface area contributed by atoms with Crippen molar-refractivity contribution in [3.05, 3.63) is 23.8 Å². The molecule has 0 aliphatic rings. The number of aliphatic hydroxyl groups excluding tert-OH is 3. The monoisotopic (exact) mass is 302 g/mol. The summed E-state index contributed by atoms with van der Waals surface area (Å²) in [6.07, 6.45) is -2.51. The molecule has 0 aliphatic carbocycles. The Morgan fingerprint density at radius 1 is 1.44 bits per heavy atom. The summed E-state index contributed by atoms with van der Waals surface area (Å²) in [6, 6.07) is 5.15. The number of hydrogen-bond donors (Lipinski definition) is 4. The van der Waals surface area contributed by atoms with Crippen LogP contribution in [0.25, 0.3) is 0 Å². The van der Waals surface area contributed by atoms with E-state index in [0.717, 1.165) is 0 Å². The number of rotatable bonds is 4. The van der Waals surface area contributed by atoms with E-state index in [0.29, 0.717) is 5.56 Å². The van der Waals surface area contributed by atoms with Crippen molar-refractivity contribution in [2.24, 2.45) is 0 Å². The molecule has 5 nitrogen and oxygen atoms in total. The first kappa shape index (κ1) is 15.8. The number of benzene rings is 1. The Balaban J connectivity index is 0.00000225. The van der Waals surface area contributed by atoms with E-state index in [1.807, 2.05) is 0 Å². The summed E-state index contributed by atoms with van der Waals surface area (Å²) in [5, 5.41) is 36.6. The van der Waals surface area contributed by atoms with Gasteiger partial charge in [-0.1, -0.05) is 0 Å². The fraction of sp³-hybridized carbons (Fsp3) is 0.400. The zero-order valence-corrected chi connectivity index (χ0v) is 11.6. The maximum atomic E-state index is 9.53. The van der Waals surface area contributed by atoms with Crippen LogP contribution in [0.5, 0.6) is 11.5 Å². The summed E-state index contributed by atoms with van der Waals surface area (Å²) in [5.74, 6) is -0.0244.